The summed E-state index contributed by atoms with van der Waals surface area (Å²) in [7, 11) is 0. The van der Waals surface area contributed by atoms with E-state index in [-0.39, 0.29) is 0 Å². The summed E-state index contributed by atoms with van der Waals surface area (Å²) in [5.41, 5.74) is 0. The smallest absolute Gasteiger partial charge is 0.406 e. The first-order chi connectivity index (χ1) is 10.5. The van der Waals surface area contributed by atoms with Gasteiger partial charge in [0.05, 0.1) is 0 Å². The molecule has 1 saturated heterocycles. The van der Waals surface area contributed by atoms with Crippen LogP contribution in [0.25, 0.3) is 0 Å². The predicted molar refractivity (Wildman–Crippen MR) is 73.5 cm³/mol. The molecule has 1 aromatic rings. The van der Waals surface area contributed by atoms with Crippen LogP contribution in [0.5, 0.6) is 5.75 Å². The zero-order valence-corrected chi connectivity index (χ0v) is 12.0. The lowest BCUT2D eigenvalue weighted by molar-refractivity contribution is -0.170. The molecule has 1 heterocycles. The van der Waals surface area contributed by atoms with Crippen molar-refractivity contribution in [2.24, 2.45) is 0 Å². The minimum atomic E-state index is -4.43. The Morgan fingerprint density at radius 1 is 1.23 bits per heavy atom. The minimum absolute atomic E-state index is 0.367. The van der Waals surface area contributed by atoms with Gasteiger partial charge in [0.15, 0.2) is 6.61 Å². The number of halogens is 3. The van der Waals surface area contributed by atoms with Crippen LogP contribution in [0.1, 0.15) is 12.8 Å². The van der Waals surface area contributed by atoms with Crippen LogP contribution in [0.15, 0.2) is 30.3 Å². The highest BCUT2D eigenvalue weighted by molar-refractivity contribution is 5.78. The SMILES string of the molecule is O=C(COc1ccccc1)N(CC(F)(F)F)C1CCOCC1. The van der Waals surface area contributed by atoms with Crippen molar-refractivity contribution in [1.29, 1.82) is 0 Å². The van der Waals surface area contributed by atoms with Crippen molar-refractivity contribution in [3.63, 3.8) is 0 Å². The molecule has 1 aromatic carbocycles. The van der Waals surface area contributed by atoms with Crippen molar-refractivity contribution in [2.45, 2.75) is 25.1 Å². The molecule has 0 radical (unpaired) electrons. The van der Waals surface area contributed by atoms with Gasteiger partial charge >= 0.3 is 6.18 Å². The van der Waals surface area contributed by atoms with Crippen molar-refractivity contribution in [2.75, 3.05) is 26.4 Å². The van der Waals surface area contributed by atoms with E-state index in [2.05, 4.69) is 0 Å². The third kappa shape index (κ3) is 5.22. The van der Waals surface area contributed by atoms with E-state index in [9.17, 15) is 18.0 Å². The fourth-order valence-electron chi connectivity index (χ4n) is 2.36. The second-order valence-electron chi connectivity index (χ2n) is 5.08. The Bertz CT molecular complexity index is 473. The Hall–Kier alpha value is -1.76. The molecule has 4 nitrogen and oxygen atoms in total. The van der Waals surface area contributed by atoms with E-state index in [0.717, 1.165) is 4.90 Å². The van der Waals surface area contributed by atoms with E-state index < -0.39 is 31.3 Å². The lowest BCUT2D eigenvalue weighted by Gasteiger charge is -2.34. The van der Waals surface area contributed by atoms with Crippen molar-refractivity contribution < 1.29 is 27.4 Å². The maximum atomic E-state index is 12.7. The Morgan fingerprint density at radius 3 is 2.45 bits per heavy atom. The molecule has 0 spiro atoms. The van der Waals surface area contributed by atoms with Gasteiger partial charge in [0, 0.05) is 19.3 Å². The number of hydrogen-bond acceptors (Lipinski definition) is 3. The lowest BCUT2D eigenvalue weighted by Crippen LogP contribution is -2.49. The third-order valence-corrected chi connectivity index (χ3v) is 3.41. The molecule has 2 rings (SSSR count). The van der Waals surface area contributed by atoms with Gasteiger partial charge in [-0.15, -0.1) is 0 Å². The summed E-state index contributed by atoms with van der Waals surface area (Å²) >= 11 is 0. The number of carbonyl (C=O) groups is 1. The molecule has 1 aliphatic heterocycles. The quantitative estimate of drug-likeness (QED) is 0.838. The van der Waals surface area contributed by atoms with Crippen molar-refractivity contribution in [3.05, 3.63) is 30.3 Å². The molecule has 0 saturated carbocycles. The van der Waals surface area contributed by atoms with Crippen LogP contribution in [-0.2, 0) is 9.53 Å². The third-order valence-electron chi connectivity index (χ3n) is 3.41. The van der Waals surface area contributed by atoms with Crippen molar-refractivity contribution in [1.82, 2.24) is 4.90 Å². The van der Waals surface area contributed by atoms with Gasteiger partial charge in [0.25, 0.3) is 5.91 Å². The molecule has 0 aliphatic carbocycles. The summed E-state index contributed by atoms with van der Waals surface area (Å²) in [6, 6.07) is 8.08. The maximum absolute atomic E-state index is 12.7. The molecule has 0 unspecified atom stereocenters. The van der Waals surface area contributed by atoms with Gasteiger partial charge in [0.2, 0.25) is 0 Å². The van der Waals surface area contributed by atoms with Gasteiger partial charge in [-0.05, 0) is 25.0 Å². The van der Waals surface area contributed by atoms with Gasteiger partial charge in [-0.3, -0.25) is 4.79 Å². The summed E-state index contributed by atoms with van der Waals surface area (Å²) < 4.78 is 48.6. The Kier molecular flexibility index (Phi) is 5.65. The van der Waals surface area contributed by atoms with Crippen LogP contribution >= 0.6 is 0 Å². The summed E-state index contributed by atoms with van der Waals surface area (Å²) in [5, 5.41) is 0. The normalized spacial score (nSPS) is 16.3. The fraction of sp³-hybridized carbons (Fsp3) is 0.533. The first-order valence-electron chi connectivity index (χ1n) is 7.07. The topological polar surface area (TPSA) is 38.8 Å². The molecular weight excluding hydrogens is 299 g/mol. The van der Waals surface area contributed by atoms with Crippen LogP contribution in [0.2, 0.25) is 0 Å². The monoisotopic (exact) mass is 317 g/mol. The number of rotatable bonds is 5. The molecule has 1 aliphatic rings. The minimum Gasteiger partial charge on any atom is -0.484 e. The number of amides is 1. The van der Waals surface area contributed by atoms with Gasteiger partial charge in [-0.25, -0.2) is 0 Å². The molecule has 0 bridgehead atoms. The predicted octanol–water partition coefficient (Wildman–Crippen LogP) is 2.64. The highest BCUT2D eigenvalue weighted by atomic mass is 19.4. The first-order valence-corrected chi connectivity index (χ1v) is 7.07. The van der Waals surface area contributed by atoms with Gasteiger partial charge in [-0.1, -0.05) is 18.2 Å². The molecule has 22 heavy (non-hydrogen) atoms. The second kappa shape index (κ2) is 7.49. The van der Waals surface area contributed by atoms with E-state index >= 15 is 0 Å². The van der Waals surface area contributed by atoms with Crippen molar-refractivity contribution >= 4 is 5.91 Å². The summed E-state index contributed by atoms with van der Waals surface area (Å²) in [5.74, 6) is -0.206. The van der Waals surface area contributed by atoms with Crippen LogP contribution in [0.4, 0.5) is 13.2 Å². The molecule has 0 aromatic heterocycles. The van der Waals surface area contributed by atoms with Gasteiger partial charge in [-0.2, -0.15) is 13.2 Å². The standard InChI is InChI=1S/C15H18F3NO3/c16-15(17,18)11-19(12-6-8-21-9-7-12)14(20)10-22-13-4-2-1-3-5-13/h1-5,12H,6-11H2. The highest BCUT2D eigenvalue weighted by Gasteiger charge is 2.37. The molecule has 0 N–H and O–H groups in total. The number of hydrogen-bond donors (Lipinski definition) is 0. The summed E-state index contributed by atoms with van der Waals surface area (Å²) in [6.45, 7) is -0.927. The summed E-state index contributed by atoms with van der Waals surface area (Å²) in [6.07, 6.45) is -3.61. The maximum Gasteiger partial charge on any atom is 0.406 e. The average Bonchev–Trinajstić information content (AvgIpc) is 2.51. The number of alkyl halides is 3. The van der Waals surface area contributed by atoms with E-state index in [1.165, 1.54) is 0 Å². The van der Waals surface area contributed by atoms with Gasteiger partial charge < -0.3 is 14.4 Å². The van der Waals surface area contributed by atoms with Gasteiger partial charge in [0.1, 0.15) is 12.3 Å². The molecule has 0 atom stereocenters. The number of carbonyl (C=O) groups excluding carboxylic acids is 1. The fourth-order valence-corrected chi connectivity index (χ4v) is 2.36. The summed E-state index contributed by atoms with van der Waals surface area (Å²) in [4.78, 5) is 13.0. The van der Waals surface area contributed by atoms with Crippen molar-refractivity contribution in [3.8, 4) is 5.75 Å². The van der Waals surface area contributed by atoms with Crippen LogP contribution in [-0.4, -0.2) is 49.4 Å². The van der Waals surface area contributed by atoms with E-state index in [1.807, 2.05) is 0 Å². The van der Waals surface area contributed by atoms with E-state index in [4.69, 9.17) is 9.47 Å². The largest absolute Gasteiger partial charge is 0.484 e. The Labute approximate surface area is 126 Å². The van der Waals surface area contributed by atoms with Crippen LogP contribution in [0.3, 0.4) is 0 Å². The average molecular weight is 317 g/mol. The number of para-hydroxylation sites is 1. The lowest BCUT2D eigenvalue weighted by atomic mass is 10.1. The number of nitrogens with zero attached hydrogens (tertiary/aromatic N) is 1. The van der Waals surface area contributed by atoms with E-state index in [0.29, 0.717) is 31.8 Å². The zero-order valence-electron chi connectivity index (χ0n) is 12.0. The van der Waals surface area contributed by atoms with Crippen LogP contribution < -0.4 is 4.74 Å². The highest BCUT2D eigenvalue weighted by Crippen LogP contribution is 2.22. The number of benzene rings is 1. The molecule has 122 valence electrons. The Balaban J connectivity index is 1.98. The zero-order chi connectivity index (χ0) is 16.0. The molecule has 1 fully saturated rings. The second-order valence-corrected chi connectivity index (χ2v) is 5.08. The van der Waals surface area contributed by atoms with Crippen LogP contribution in [0, 0.1) is 0 Å². The molecular formula is C15H18F3NO3. The first kappa shape index (κ1) is 16.6. The van der Waals surface area contributed by atoms with E-state index in [1.54, 1.807) is 30.3 Å². The molecule has 1 amide bonds. The molecule has 7 heteroatoms. The Morgan fingerprint density at radius 2 is 1.86 bits per heavy atom. The number of ether oxygens (including phenoxy) is 2.